The zero-order chi connectivity index (χ0) is 15.3. The van der Waals surface area contributed by atoms with Gasteiger partial charge in [-0.1, -0.05) is 13.0 Å². The molecule has 0 radical (unpaired) electrons. The molecule has 0 aromatic heterocycles. The van der Waals surface area contributed by atoms with E-state index in [4.69, 9.17) is 4.74 Å². The second-order valence-corrected chi connectivity index (χ2v) is 6.09. The first kappa shape index (κ1) is 16.6. The van der Waals surface area contributed by atoms with Crippen molar-refractivity contribution in [3.63, 3.8) is 0 Å². The Labute approximate surface area is 118 Å². The molecule has 0 amide bonds. The number of esters is 1. The molecule has 0 saturated heterocycles. The molecule has 0 aliphatic heterocycles. The zero-order valence-corrected chi connectivity index (χ0v) is 12.5. The summed E-state index contributed by atoms with van der Waals surface area (Å²) in [6.07, 6.45) is 0. The van der Waals surface area contributed by atoms with Gasteiger partial charge in [0.05, 0.1) is 11.5 Å². The lowest BCUT2D eigenvalue weighted by atomic mass is 10.2. The number of carbonyl (C=O) groups is 1. The third kappa shape index (κ3) is 3.77. The van der Waals surface area contributed by atoms with E-state index in [1.54, 1.807) is 20.8 Å². The van der Waals surface area contributed by atoms with Crippen molar-refractivity contribution in [3.05, 3.63) is 29.6 Å². The topological polar surface area (TPSA) is 63.7 Å². The van der Waals surface area contributed by atoms with Crippen LogP contribution < -0.4 is 0 Å². The van der Waals surface area contributed by atoms with Crippen molar-refractivity contribution in [1.82, 2.24) is 4.31 Å². The highest BCUT2D eigenvalue weighted by Crippen LogP contribution is 2.18. The van der Waals surface area contributed by atoms with E-state index in [1.807, 2.05) is 0 Å². The minimum atomic E-state index is -3.91. The maximum atomic E-state index is 13.5. The van der Waals surface area contributed by atoms with Gasteiger partial charge in [-0.05, 0) is 31.5 Å². The van der Waals surface area contributed by atoms with Crippen LogP contribution in [0, 0.1) is 12.7 Å². The Morgan fingerprint density at radius 1 is 1.35 bits per heavy atom. The molecule has 5 nitrogen and oxygen atoms in total. The Bertz CT molecular complexity index is 586. The molecule has 20 heavy (non-hydrogen) atoms. The molecule has 0 bridgehead atoms. The molecule has 0 fully saturated rings. The lowest BCUT2D eigenvalue weighted by Crippen LogP contribution is -2.36. The van der Waals surface area contributed by atoms with Gasteiger partial charge < -0.3 is 4.74 Å². The van der Waals surface area contributed by atoms with Gasteiger partial charge in [0.2, 0.25) is 10.0 Å². The monoisotopic (exact) mass is 303 g/mol. The largest absolute Gasteiger partial charge is 0.465 e. The lowest BCUT2D eigenvalue weighted by Gasteiger charge is -2.19. The summed E-state index contributed by atoms with van der Waals surface area (Å²) in [6, 6.07) is 3.67. The fourth-order valence-electron chi connectivity index (χ4n) is 1.60. The number of sulfonamides is 1. The first-order valence-corrected chi connectivity index (χ1v) is 7.68. The van der Waals surface area contributed by atoms with Gasteiger partial charge in [-0.3, -0.25) is 4.79 Å². The minimum absolute atomic E-state index is 0.0939. The van der Waals surface area contributed by atoms with Gasteiger partial charge in [0, 0.05) is 6.54 Å². The summed E-state index contributed by atoms with van der Waals surface area (Å²) < 4.78 is 43.8. The number of hydrogen-bond donors (Lipinski definition) is 0. The van der Waals surface area contributed by atoms with Gasteiger partial charge in [0.15, 0.2) is 0 Å². The molecule has 0 aliphatic carbocycles. The predicted octanol–water partition coefficient (Wildman–Crippen LogP) is 1.71. The summed E-state index contributed by atoms with van der Waals surface area (Å²) in [5, 5.41) is 0. The maximum absolute atomic E-state index is 13.5. The minimum Gasteiger partial charge on any atom is -0.465 e. The predicted molar refractivity (Wildman–Crippen MR) is 72.2 cm³/mol. The number of nitrogens with zero attached hydrogens (tertiary/aromatic N) is 1. The highest BCUT2D eigenvalue weighted by atomic mass is 32.2. The molecule has 0 aliphatic rings. The lowest BCUT2D eigenvalue weighted by molar-refractivity contribution is -0.143. The molecule has 1 rings (SSSR count). The van der Waals surface area contributed by atoms with Crippen LogP contribution in [0.25, 0.3) is 0 Å². The molecule has 0 spiro atoms. The first-order chi connectivity index (χ1) is 9.32. The van der Waals surface area contributed by atoms with E-state index in [-0.39, 0.29) is 24.6 Å². The first-order valence-electron chi connectivity index (χ1n) is 6.24. The third-order valence-corrected chi connectivity index (χ3v) is 4.66. The summed E-state index contributed by atoms with van der Waals surface area (Å²) >= 11 is 0. The standard InChI is InChI=1S/C13H18FNO4S/c1-4-15(9-13(16)19-5-2)20(17,18)11-7-6-10(3)12(14)8-11/h6-8H,4-5,9H2,1-3H3. The van der Waals surface area contributed by atoms with Crippen LogP contribution in [0.1, 0.15) is 19.4 Å². The van der Waals surface area contributed by atoms with Gasteiger partial charge in [-0.15, -0.1) is 0 Å². The Kier molecular flexibility index (Phi) is 5.64. The number of ether oxygens (including phenoxy) is 1. The van der Waals surface area contributed by atoms with Gasteiger partial charge in [0.1, 0.15) is 12.4 Å². The quantitative estimate of drug-likeness (QED) is 0.751. The second-order valence-electron chi connectivity index (χ2n) is 4.15. The number of hydrogen-bond acceptors (Lipinski definition) is 4. The smallest absolute Gasteiger partial charge is 0.321 e. The van der Waals surface area contributed by atoms with Crippen molar-refractivity contribution in [2.75, 3.05) is 19.7 Å². The Hall–Kier alpha value is -1.47. The number of likely N-dealkylation sites (N-methyl/N-ethyl adjacent to an activating group) is 1. The summed E-state index contributed by atoms with van der Waals surface area (Å²) in [5.41, 5.74) is 0.359. The number of aryl methyl sites for hydroxylation is 1. The van der Waals surface area contributed by atoms with Crippen LogP contribution in [-0.2, 0) is 19.6 Å². The van der Waals surface area contributed by atoms with Crippen LogP contribution >= 0.6 is 0 Å². The summed E-state index contributed by atoms with van der Waals surface area (Å²) in [4.78, 5) is 11.2. The maximum Gasteiger partial charge on any atom is 0.321 e. The average Bonchev–Trinajstić information content (AvgIpc) is 2.39. The molecule has 0 saturated carbocycles. The van der Waals surface area contributed by atoms with E-state index in [2.05, 4.69) is 0 Å². The highest BCUT2D eigenvalue weighted by molar-refractivity contribution is 7.89. The van der Waals surface area contributed by atoms with E-state index in [1.165, 1.54) is 12.1 Å². The number of rotatable bonds is 6. The fourth-order valence-corrected chi connectivity index (χ4v) is 3.01. The molecule has 0 heterocycles. The zero-order valence-electron chi connectivity index (χ0n) is 11.7. The van der Waals surface area contributed by atoms with Crippen LogP contribution in [0.5, 0.6) is 0 Å². The van der Waals surface area contributed by atoms with Crippen LogP contribution in [0.4, 0.5) is 4.39 Å². The number of carbonyl (C=O) groups excluding carboxylic acids is 1. The van der Waals surface area contributed by atoms with E-state index < -0.39 is 21.8 Å². The Morgan fingerprint density at radius 3 is 2.50 bits per heavy atom. The van der Waals surface area contributed by atoms with E-state index in [0.717, 1.165) is 10.4 Å². The summed E-state index contributed by atoms with van der Waals surface area (Å²) in [7, 11) is -3.91. The van der Waals surface area contributed by atoms with E-state index >= 15 is 0 Å². The van der Waals surface area contributed by atoms with Crippen LogP contribution in [0.2, 0.25) is 0 Å². The molecule has 112 valence electrons. The molecule has 0 unspecified atom stereocenters. The number of benzene rings is 1. The number of halogens is 1. The van der Waals surface area contributed by atoms with Gasteiger partial charge in [-0.2, -0.15) is 4.31 Å². The van der Waals surface area contributed by atoms with Crippen molar-refractivity contribution in [1.29, 1.82) is 0 Å². The van der Waals surface area contributed by atoms with Crippen molar-refractivity contribution < 1.29 is 22.3 Å². The third-order valence-electron chi connectivity index (χ3n) is 2.74. The fraction of sp³-hybridized carbons (Fsp3) is 0.462. The molecular formula is C13H18FNO4S. The molecule has 1 aromatic carbocycles. The second kappa shape index (κ2) is 6.81. The SMILES string of the molecule is CCOC(=O)CN(CC)S(=O)(=O)c1ccc(C)c(F)c1. The van der Waals surface area contributed by atoms with Crippen molar-refractivity contribution in [2.45, 2.75) is 25.7 Å². The van der Waals surface area contributed by atoms with Crippen LogP contribution in [-0.4, -0.2) is 38.4 Å². The van der Waals surface area contributed by atoms with E-state index in [0.29, 0.717) is 5.56 Å². The molecule has 0 N–H and O–H groups in total. The van der Waals surface area contributed by atoms with Crippen LogP contribution in [0.3, 0.4) is 0 Å². The van der Waals surface area contributed by atoms with Gasteiger partial charge in [0.25, 0.3) is 0 Å². The summed E-state index contributed by atoms with van der Waals surface area (Å²) in [6.45, 7) is 4.66. The normalized spacial score (nSPS) is 11.7. The van der Waals surface area contributed by atoms with Crippen molar-refractivity contribution in [3.8, 4) is 0 Å². The molecule has 0 atom stereocenters. The van der Waals surface area contributed by atoms with Gasteiger partial charge >= 0.3 is 5.97 Å². The van der Waals surface area contributed by atoms with Crippen molar-refractivity contribution >= 4 is 16.0 Å². The molecule has 7 heteroatoms. The molecular weight excluding hydrogens is 285 g/mol. The molecule has 1 aromatic rings. The van der Waals surface area contributed by atoms with E-state index in [9.17, 15) is 17.6 Å². The Balaban J connectivity index is 3.05. The summed E-state index contributed by atoms with van der Waals surface area (Å²) in [5.74, 6) is -1.23. The van der Waals surface area contributed by atoms with Crippen molar-refractivity contribution in [2.24, 2.45) is 0 Å². The van der Waals surface area contributed by atoms with Gasteiger partial charge in [-0.25, -0.2) is 12.8 Å². The highest BCUT2D eigenvalue weighted by Gasteiger charge is 2.26. The van der Waals surface area contributed by atoms with Crippen LogP contribution in [0.15, 0.2) is 23.1 Å². The Morgan fingerprint density at radius 2 is 2.00 bits per heavy atom. The average molecular weight is 303 g/mol.